The first kappa shape index (κ1) is 31.8. The lowest BCUT2D eigenvalue weighted by atomic mass is 10.1. The van der Waals surface area contributed by atoms with Gasteiger partial charge in [-0.2, -0.15) is 0 Å². The minimum atomic E-state index is -4.25. The smallest absolute Gasteiger partial charge is 0.264 e. The zero-order chi connectivity index (χ0) is 30.4. The van der Waals surface area contributed by atoms with Gasteiger partial charge in [0.1, 0.15) is 18.3 Å². The Kier molecular flexibility index (Phi) is 10.6. The number of hydrogen-bond donors (Lipinski definition) is 1. The van der Waals surface area contributed by atoms with E-state index in [4.69, 9.17) is 16.3 Å². The molecule has 4 rings (SSSR count). The van der Waals surface area contributed by atoms with Crippen molar-refractivity contribution in [3.8, 4) is 5.75 Å². The maximum atomic E-state index is 14.2. The minimum absolute atomic E-state index is 0.00872. The Bertz CT molecular complexity index is 1510. The molecule has 3 aromatic rings. The Morgan fingerprint density at radius 3 is 2.31 bits per heavy atom. The second-order valence-corrected chi connectivity index (χ2v) is 13.7. The van der Waals surface area contributed by atoms with Crippen LogP contribution in [-0.2, 0) is 26.2 Å². The summed E-state index contributed by atoms with van der Waals surface area (Å²) in [5, 5.41) is 3.35. The van der Waals surface area contributed by atoms with E-state index in [2.05, 4.69) is 21.2 Å². The summed E-state index contributed by atoms with van der Waals surface area (Å²) >= 11 is 9.73. The van der Waals surface area contributed by atoms with E-state index in [1.807, 2.05) is 31.2 Å². The molecule has 0 spiro atoms. The SMILES string of the molecule is COc1ccc(Cl)cc1N(CC(=O)N(Cc1ccc(Br)cc1)[C@H](C)C(=O)NC1CCCC1)S(=O)(=O)c1ccc(C)cc1. The number of carbonyl (C=O) groups excluding carboxylic acids is 2. The first-order chi connectivity index (χ1) is 20.0. The van der Waals surface area contributed by atoms with Gasteiger partial charge in [0.2, 0.25) is 11.8 Å². The number of anilines is 1. The molecule has 224 valence electrons. The normalized spacial score (nSPS) is 14.3. The highest BCUT2D eigenvalue weighted by Gasteiger charge is 2.34. The van der Waals surface area contributed by atoms with Crippen molar-refractivity contribution in [1.82, 2.24) is 10.2 Å². The number of hydrogen-bond acceptors (Lipinski definition) is 5. The number of rotatable bonds is 11. The Labute approximate surface area is 261 Å². The van der Waals surface area contributed by atoms with Gasteiger partial charge in [-0.25, -0.2) is 8.42 Å². The third-order valence-electron chi connectivity index (χ3n) is 7.43. The average Bonchev–Trinajstić information content (AvgIpc) is 3.48. The molecule has 0 aromatic heterocycles. The molecule has 0 radical (unpaired) electrons. The highest BCUT2D eigenvalue weighted by molar-refractivity contribution is 9.10. The molecule has 1 N–H and O–H groups in total. The quantitative estimate of drug-likeness (QED) is 0.265. The van der Waals surface area contributed by atoms with Crippen molar-refractivity contribution >= 4 is 55.1 Å². The summed E-state index contributed by atoms with van der Waals surface area (Å²) in [6.45, 7) is 3.05. The first-order valence-electron chi connectivity index (χ1n) is 13.8. The van der Waals surface area contributed by atoms with Gasteiger partial charge in [-0.1, -0.05) is 70.2 Å². The standard InChI is InChI=1S/C31H35BrClN3O5S/c1-21-8-15-27(16-9-21)42(39,40)36(28-18-25(33)14-17-29(28)41-3)20-30(37)35(19-23-10-12-24(32)13-11-23)22(2)31(38)34-26-6-4-5-7-26/h8-18,22,26H,4-7,19-20H2,1-3H3,(H,34,38)/t22-/m1/s1. The van der Waals surface area contributed by atoms with Crippen molar-refractivity contribution in [1.29, 1.82) is 0 Å². The zero-order valence-corrected chi connectivity index (χ0v) is 27.0. The van der Waals surface area contributed by atoms with E-state index in [0.29, 0.717) is 0 Å². The predicted molar refractivity (Wildman–Crippen MR) is 168 cm³/mol. The van der Waals surface area contributed by atoms with E-state index in [1.165, 1.54) is 30.2 Å². The molecule has 1 aliphatic rings. The van der Waals surface area contributed by atoms with Crippen molar-refractivity contribution in [3.05, 3.63) is 87.4 Å². The summed E-state index contributed by atoms with van der Waals surface area (Å²) < 4.78 is 35.5. The van der Waals surface area contributed by atoms with Gasteiger partial charge in [-0.15, -0.1) is 0 Å². The fourth-order valence-electron chi connectivity index (χ4n) is 4.97. The highest BCUT2D eigenvalue weighted by Crippen LogP contribution is 2.35. The summed E-state index contributed by atoms with van der Waals surface area (Å²) in [7, 11) is -2.83. The van der Waals surface area contributed by atoms with Crippen LogP contribution in [0, 0.1) is 6.92 Å². The van der Waals surface area contributed by atoms with E-state index < -0.39 is 28.5 Å². The topological polar surface area (TPSA) is 96.0 Å². The summed E-state index contributed by atoms with van der Waals surface area (Å²) in [6, 6.07) is 17.6. The summed E-state index contributed by atoms with van der Waals surface area (Å²) in [5.41, 5.74) is 1.80. The van der Waals surface area contributed by atoms with Crippen molar-refractivity contribution in [2.75, 3.05) is 18.0 Å². The molecule has 1 saturated carbocycles. The molecular formula is C31H35BrClN3O5S. The molecule has 0 saturated heterocycles. The van der Waals surface area contributed by atoms with Gasteiger partial charge < -0.3 is 15.0 Å². The van der Waals surface area contributed by atoms with Crippen LogP contribution in [0.4, 0.5) is 5.69 Å². The number of nitrogens with zero attached hydrogens (tertiary/aromatic N) is 2. The lowest BCUT2D eigenvalue weighted by Gasteiger charge is -2.33. The van der Waals surface area contributed by atoms with Crippen LogP contribution in [0.2, 0.25) is 5.02 Å². The first-order valence-corrected chi connectivity index (χ1v) is 16.4. The molecule has 0 heterocycles. The van der Waals surface area contributed by atoms with Gasteiger partial charge in [0, 0.05) is 22.1 Å². The molecule has 11 heteroatoms. The zero-order valence-electron chi connectivity index (χ0n) is 23.8. The Morgan fingerprint density at radius 1 is 1.05 bits per heavy atom. The fourth-order valence-corrected chi connectivity index (χ4v) is 6.82. The number of aryl methyl sites for hydroxylation is 1. The number of methoxy groups -OCH3 is 1. The summed E-state index contributed by atoms with van der Waals surface area (Å²) in [6.07, 6.45) is 3.90. The van der Waals surface area contributed by atoms with Crippen LogP contribution in [0.3, 0.4) is 0 Å². The Hall–Kier alpha value is -3.08. The molecule has 8 nitrogen and oxygen atoms in total. The Balaban J connectivity index is 1.73. The Morgan fingerprint density at radius 2 is 1.69 bits per heavy atom. The molecule has 1 fully saturated rings. The van der Waals surface area contributed by atoms with Crippen molar-refractivity contribution in [2.45, 2.75) is 63.1 Å². The van der Waals surface area contributed by atoms with Crippen LogP contribution < -0.4 is 14.4 Å². The second-order valence-electron chi connectivity index (χ2n) is 10.5. The van der Waals surface area contributed by atoms with Gasteiger partial charge in [0.15, 0.2) is 0 Å². The number of ether oxygens (including phenoxy) is 1. The third kappa shape index (κ3) is 7.65. The van der Waals surface area contributed by atoms with Gasteiger partial charge in [-0.05, 0) is 74.7 Å². The van der Waals surface area contributed by atoms with Crippen LogP contribution in [0.1, 0.15) is 43.7 Å². The molecule has 1 aliphatic carbocycles. The van der Waals surface area contributed by atoms with Gasteiger partial charge >= 0.3 is 0 Å². The third-order valence-corrected chi connectivity index (χ3v) is 9.97. The maximum Gasteiger partial charge on any atom is 0.264 e. The second kappa shape index (κ2) is 13.9. The van der Waals surface area contributed by atoms with Crippen molar-refractivity contribution < 1.29 is 22.7 Å². The van der Waals surface area contributed by atoms with Crippen molar-refractivity contribution in [2.24, 2.45) is 0 Å². The van der Waals surface area contributed by atoms with Gasteiger partial charge in [0.25, 0.3) is 10.0 Å². The van der Waals surface area contributed by atoms with Crippen LogP contribution in [-0.4, -0.2) is 50.9 Å². The number of halogens is 2. The predicted octanol–water partition coefficient (Wildman–Crippen LogP) is 6.09. The number of nitrogens with one attached hydrogen (secondary N) is 1. The van der Waals surface area contributed by atoms with Crippen molar-refractivity contribution in [3.63, 3.8) is 0 Å². The molecule has 0 bridgehead atoms. The van der Waals surface area contributed by atoms with Crippen LogP contribution in [0.15, 0.2) is 76.1 Å². The highest BCUT2D eigenvalue weighted by atomic mass is 79.9. The van der Waals surface area contributed by atoms with E-state index in [0.717, 1.165) is 45.6 Å². The molecule has 1 atom stereocenters. The molecule has 2 amide bonds. The molecule has 3 aromatic carbocycles. The molecule has 0 aliphatic heterocycles. The monoisotopic (exact) mass is 675 g/mol. The molecular weight excluding hydrogens is 642 g/mol. The summed E-state index contributed by atoms with van der Waals surface area (Å²) in [5.74, 6) is -0.597. The number of sulfonamides is 1. The lowest BCUT2D eigenvalue weighted by Crippen LogP contribution is -2.52. The lowest BCUT2D eigenvalue weighted by molar-refractivity contribution is -0.139. The number of carbonyl (C=O) groups is 2. The minimum Gasteiger partial charge on any atom is -0.495 e. The van der Waals surface area contributed by atoms with Gasteiger partial charge in [0.05, 0.1) is 17.7 Å². The van der Waals surface area contributed by atoms with Crippen LogP contribution in [0.5, 0.6) is 5.75 Å². The van der Waals surface area contributed by atoms with E-state index in [1.54, 1.807) is 31.2 Å². The van der Waals surface area contributed by atoms with E-state index >= 15 is 0 Å². The molecule has 0 unspecified atom stereocenters. The maximum absolute atomic E-state index is 14.2. The summed E-state index contributed by atoms with van der Waals surface area (Å²) in [4.78, 5) is 28.9. The van der Waals surface area contributed by atoms with Gasteiger partial charge in [-0.3, -0.25) is 13.9 Å². The number of benzene rings is 3. The van der Waals surface area contributed by atoms with Crippen LogP contribution >= 0.6 is 27.5 Å². The van der Waals surface area contributed by atoms with E-state index in [-0.39, 0.29) is 39.8 Å². The van der Waals surface area contributed by atoms with Crippen LogP contribution in [0.25, 0.3) is 0 Å². The average molecular weight is 677 g/mol. The molecule has 42 heavy (non-hydrogen) atoms. The van der Waals surface area contributed by atoms with E-state index in [9.17, 15) is 18.0 Å². The fraction of sp³-hybridized carbons (Fsp3) is 0.355. The largest absolute Gasteiger partial charge is 0.495 e. The number of amides is 2.